The normalized spacial score (nSPS) is 13.9. The number of nitriles is 1. The van der Waals surface area contributed by atoms with Crippen LogP contribution in [0, 0.1) is 23.0 Å². The molecule has 0 saturated carbocycles. The Morgan fingerprint density at radius 1 is 1.21 bits per heavy atom. The van der Waals surface area contributed by atoms with E-state index in [1.807, 2.05) is 4.90 Å². The smallest absolute Gasteiger partial charge is 0.246 e. The van der Waals surface area contributed by atoms with Gasteiger partial charge in [0.1, 0.15) is 17.4 Å². The van der Waals surface area contributed by atoms with E-state index in [2.05, 4.69) is 27.8 Å². The molecule has 0 spiro atoms. The third kappa shape index (κ3) is 3.35. The predicted octanol–water partition coefficient (Wildman–Crippen LogP) is 4.42. The minimum Gasteiger partial charge on any atom is -0.366 e. The molecule has 0 atom stereocenters. The summed E-state index contributed by atoms with van der Waals surface area (Å²) >= 11 is 6.54. The molecule has 1 fully saturated rings. The molecule has 1 saturated heterocycles. The van der Waals surface area contributed by atoms with Gasteiger partial charge in [-0.3, -0.25) is 14.9 Å². The number of anilines is 1. The maximum atomic E-state index is 15.9. The molecule has 1 amide bonds. The van der Waals surface area contributed by atoms with Gasteiger partial charge < -0.3 is 9.80 Å². The van der Waals surface area contributed by atoms with Crippen molar-refractivity contribution in [2.45, 2.75) is 0 Å². The lowest BCUT2D eigenvalue weighted by Crippen LogP contribution is -2.48. The summed E-state index contributed by atoms with van der Waals surface area (Å²) in [5, 5.41) is 17.3. The average Bonchev–Trinajstić information content (AvgIpc) is 3.33. The lowest BCUT2D eigenvalue weighted by Gasteiger charge is -2.36. The number of carbonyl (C=O) groups is 1. The van der Waals surface area contributed by atoms with Crippen molar-refractivity contribution in [3.05, 3.63) is 65.5 Å². The number of amides is 1. The summed E-state index contributed by atoms with van der Waals surface area (Å²) in [5.74, 6) is -1.63. The van der Waals surface area contributed by atoms with E-state index in [0.29, 0.717) is 48.2 Å². The van der Waals surface area contributed by atoms with Crippen LogP contribution in [-0.4, -0.2) is 52.2 Å². The van der Waals surface area contributed by atoms with E-state index in [9.17, 15) is 14.4 Å². The first-order valence-corrected chi connectivity index (χ1v) is 10.8. The number of nitrogens with one attached hydrogen (secondary N) is 1. The monoisotopic (exact) mass is 478 g/mol. The van der Waals surface area contributed by atoms with Crippen molar-refractivity contribution in [2.24, 2.45) is 0 Å². The van der Waals surface area contributed by atoms with Crippen LogP contribution in [-0.2, 0) is 4.79 Å². The Morgan fingerprint density at radius 2 is 1.97 bits per heavy atom. The second-order valence-corrected chi connectivity index (χ2v) is 8.26. The van der Waals surface area contributed by atoms with E-state index in [1.165, 1.54) is 36.7 Å². The fourth-order valence-corrected chi connectivity index (χ4v) is 4.70. The number of piperazine rings is 1. The van der Waals surface area contributed by atoms with Gasteiger partial charge in [-0.05, 0) is 24.3 Å². The molecule has 0 unspecified atom stereocenters. The van der Waals surface area contributed by atoms with Gasteiger partial charge in [0.2, 0.25) is 5.91 Å². The number of rotatable bonds is 3. The van der Waals surface area contributed by atoms with Gasteiger partial charge in [0.15, 0.2) is 5.82 Å². The second-order valence-electron chi connectivity index (χ2n) is 7.85. The third-order valence-corrected chi connectivity index (χ3v) is 6.34. The molecule has 0 radical (unpaired) electrons. The Hall–Kier alpha value is -4.03. The number of pyridine rings is 1. The Balaban J connectivity index is 1.69. The van der Waals surface area contributed by atoms with Crippen molar-refractivity contribution >= 4 is 45.0 Å². The van der Waals surface area contributed by atoms with E-state index in [4.69, 9.17) is 11.6 Å². The van der Waals surface area contributed by atoms with Gasteiger partial charge in [-0.25, -0.2) is 8.78 Å². The van der Waals surface area contributed by atoms with Crippen LogP contribution in [0.1, 0.15) is 5.56 Å². The van der Waals surface area contributed by atoms with Gasteiger partial charge in [-0.15, -0.1) is 0 Å². The van der Waals surface area contributed by atoms with Crippen LogP contribution in [0.25, 0.3) is 32.9 Å². The number of fused-ring (bicyclic) bond motifs is 2. The van der Waals surface area contributed by atoms with Crippen LogP contribution < -0.4 is 4.90 Å². The third-order valence-electron chi connectivity index (χ3n) is 6.04. The number of aromatic amines is 1. The highest BCUT2D eigenvalue weighted by molar-refractivity contribution is 6.35. The zero-order valence-corrected chi connectivity index (χ0v) is 18.5. The zero-order valence-electron chi connectivity index (χ0n) is 17.8. The molecule has 1 aliphatic rings. The number of aromatic nitrogens is 3. The van der Waals surface area contributed by atoms with E-state index >= 15 is 4.39 Å². The summed E-state index contributed by atoms with van der Waals surface area (Å²) in [6, 6.07) is 6.38. The van der Waals surface area contributed by atoms with Gasteiger partial charge in [-0.1, -0.05) is 18.2 Å². The molecule has 3 heterocycles. The fraction of sp³-hybridized carbons (Fsp3) is 0.167. The van der Waals surface area contributed by atoms with Crippen LogP contribution in [0.4, 0.5) is 14.5 Å². The van der Waals surface area contributed by atoms with Crippen LogP contribution in [0.3, 0.4) is 0 Å². The van der Waals surface area contributed by atoms with Crippen molar-refractivity contribution in [3.63, 3.8) is 0 Å². The van der Waals surface area contributed by atoms with Crippen molar-refractivity contribution < 1.29 is 13.6 Å². The maximum absolute atomic E-state index is 15.9. The van der Waals surface area contributed by atoms with Gasteiger partial charge >= 0.3 is 0 Å². The Kier molecular flexibility index (Phi) is 5.38. The van der Waals surface area contributed by atoms with Gasteiger partial charge in [-0.2, -0.15) is 10.4 Å². The molecule has 2 aromatic carbocycles. The predicted molar refractivity (Wildman–Crippen MR) is 125 cm³/mol. The number of carbonyl (C=O) groups excluding carboxylic acids is 1. The highest BCUT2D eigenvalue weighted by Gasteiger charge is 2.27. The van der Waals surface area contributed by atoms with Gasteiger partial charge in [0.05, 0.1) is 28.0 Å². The number of H-pyrrole nitrogens is 1. The SMILES string of the molecule is C=CC(=O)N1CCN(c2c(C#N)cnc3c(F)c(-c4c(F)ccc5cn[nH]c45)c(Cl)cc23)CC1. The van der Waals surface area contributed by atoms with Crippen molar-refractivity contribution in [2.75, 3.05) is 31.1 Å². The largest absolute Gasteiger partial charge is 0.366 e. The molecular weight excluding hydrogens is 462 g/mol. The molecular formula is C24H17ClF2N6O. The van der Waals surface area contributed by atoms with E-state index < -0.39 is 11.6 Å². The molecule has 170 valence electrons. The highest BCUT2D eigenvalue weighted by Crippen LogP contribution is 2.42. The minimum atomic E-state index is -0.797. The Labute approximate surface area is 197 Å². The maximum Gasteiger partial charge on any atom is 0.246 e. The number of benzene rings is 2. The summed E-state index contributed by atoms with van der Waals surface area (Å²) in [6.07, 6.45) is 4.07. The molecule has 2 aromatic heterocycles. The topological polar surface area (TPSA) is 88.9 Å². The van der Waals surface area contributed by atoms with Crippen LogP contribution in [0.15, 0.2) is 43.2 Å². The Bertz CT molecular complexity index is 1520. The second kappa shape index (κ2) is 8.39. The summed E-state index contributed by atoms with van der Waals surface area (Å²) in [7, 11) is 0. The van der Waals surface area contributed by atoms with Gasteiger partial charge in [0.25, 0.3) is 0 Å². The number of hydrogen-bond acceptors (Lipinski definition) is 5. The number of halogens is 3. The molecule has 0 bridgehead atoms. The van der Waals surface area contributed by atoms with Crippen LogP contribution >= 0.6 is 11.6 Å². The van der Waals surface area contributed by atoms with E-state index in [1.54, 1.807) is 4.90 Å². The lowest BCUT2D eigenvalue weighted by molar-refractivity contribution is -0.126. The summed E-state index contributed by atoms with van der Waals surface area (Å²) in [4.78, 5) is 19.7. The standard InChI is InChI=1S/C24H17ClF2N6O/c1-2-18(34)32-5-7-33(8-6-32)24-14(10-28)11-29-23-15(24)9-16(25)19(21(23)27)20-17(26)4-3-13-12-30-31-22(13)20/h2-4,9,11-12H,1,5-8H2,(H,30,31). The first kappa shape index (κ1) is 21.8. The summed E-state index contributed by atoms with van der Waals surface area (Å²) < 4.78 is 30.8. The number of nitrogens with zero attached hydrogens (tertiary/aromatic N) is 5. The molecule has 0 aliphatic carbocycles. The van der Waals surface area contributed by atoms with Crippen LogP contribution in [0.2, 0.25) is 5.02 Å². The van der Waals surface area contributed by atoms with E-state index in [-0.39, 0.29) is 33.1 Å². The molecule has 34 heavy (non-hydrogen) atoms. The van der Waals surface area contributed by atoms with E-state index in [0.717, 1.165) is 0 Å². The zero-order chi connectivity index (χ0) is 24.0. The first-order valence-electron chi connectivity index (χ1n) is 10.4. The summed E-state index contributed by atoms with van der Waals surface area (Å²) in [6.45, 7) is 5.20. The molecule has 4 aromatic rings. The van der Waals surface area contributed by atoms with Crippen LogP contribution in [0.5, 0.6) is 0 Å². The molecule has 10 heteroatoms. The minimum absolute atomic E-state index is 0.0235. The fourth-order valence-electron chi connectivity index (χ4n) is 4.41. The van der Waals surface area contributed by atoms with Gasteiger partial charge in [0, 0.05) is 54.3 Å². The molecule has 5 rings (SSSR count). The summed E-state index contributed by atoms with van der Waals surface area (Å²) in [5.41, 5.74) is 0.840. The first-order chi connectivity index (χ1) is 16.4. The quantitative estimate of drug-likeness (QED) is 0.440. The molecule has 7 nitrogen and oxygen atoms in total. The van der Waals surface area contributed by atoms with Crippen molar-refractivity contribution in [1.82, 2.24) is 20.1 Å². The number of hydrogen-bond donors (Lipinski definition) is 1. The average molecular weight is 479 g/mol. The molecule has 1 aliphatic heterocycles. The lowest BCUT2D eigenvalue weighted by atomic mass is 9.98. The Morgan fingerprint density at radius 3 is 2.68 bits per heavy atom. The molecule has 1 N–H and O–H groups in total. The highest BCUT2D eigenvalue weighted by atomic mass is 35.5. The van der Waals surface area contributed by atoms with Crippen molar-refractivity contribution in [1.29, 1.82) is 5.26 Å². The van der Waals surface area contributed by atoms with Crippen molar-refractivity contribution in [3.8, 4) is 17.2 Å².